The zero-order valence-corrected chi connectivity index (χ0v) is 15.3. The van der Waals surface area contributed by atoms with E-state index >= 15 is 0 Å². The summed E-state index contributed by atoms with van der Waals surface area (Å²) in [6.45, 7) is 3.20. The number of Topliss-reactive ketones (excluding diaryl/α,β-unsaturated/α-hetero) is 1. The van der Waals surface area contributed by atoms with E-state index in [1.165, 1.54) is 14.2 Å². The molecule has 2 aromatic rings. The quantitative estimate of drug-likeness (QED) is 0.533. The molecule has 0 aliphatic carbocycles. The van der Waals surface area contributed by atoms with Crippen LogP contribution in [0.15, 0.2) is 36.4 Å². The summed E-state index contributed by atoms with van der Waals surface area (Å²) in [5, 5.41) is 0. The lowest BCUT2D eigenvalue weighted by atomic mass is 10.1. The van der Waals surface area contributed by atoms with Crippen LogP contribution < -0.4 is 14.2 Å². The van der Waals surface area contributed by atoms with Crippen molar-refractivity contribution >= 4 is 11.8 Å². The fourth-order valence-electron chi connectivity index (χ4n) is 2.28. The highest BCUT2D eigenvalue weighted by atomic mass is 16.6. The summed E-state index contributed by atoms with van der Waals surface area (Å²) in [7, 11) is 2.99. The Morgan fingerprint density at radius 3 is 2.27 bits per heavy atom. The fraction of sp³-hybridized carbons (Fsp3) is 0.300. The maximum absolute atomic E-state index is 12.2. The van der Waals surface area contributed by atoms with Gasteiger partial charge in [0.2, 0.25) is 0 Å². The smallest absolute Gasteiger partial charge is 0.344 e. The van der Waals surface area contributed by atoms with Crippen molar-refractivity contribution in [3.8, 4) is 17.2 Å². The van der Waals surface area contributed by atoms with Gasteiger partial charge in [0.15, 0.2) is 30.5 Å². The molecule has 138 valence electrons. The predicted molar refractivity (Wildman–Crippen MR) is 96.2 cm³/mol. The number of benzene rings is 2. The van der Waals surface area contributed by atoms with E-state index in [4.69, 9.17) is 18.9 Å². The average molecular weight is 358 g/mol. The molecule has 0 amide bonds. The Bertz CT molecular complexity index is 797. The second-order valence-corrected chi connectivity index (χ2v) is 5.71. The van der Waals surface area contributed by atoms with Crippen molar-refractivity contribution in [2.24, 2.45) is 0 Å². The lowest BCUT2D eigenvalue weighted by Gasteiger charge is -2.11. The van der Waals surface area contributed by atoms with Crippen molar-refractivity contribution in [3.63, 3.8) is 0 Å². The van der Waals surface area contributed by atoms with Gasteiger partial charge >= 0.3 is 5.97 Å². The van der Waals surface area contributed by atoms with E-state index in [0.717, 1.165) is 11.1 Å². The van der Waals surface area contributed by atoms with Gasteiger partial charge in [-0.25, -0.2) is 4.79 Å². The van der Waals surface area contributed by atoms with Gasteiger partial charge in [0, 0.05) is 5.56 Å². The molecule has 0 fully saturated rings. The largest absolute Gasteiger partial charge is 0.493 e. The number of hydrogen-bond acceptors (Lipinski definition) is 6. The van der Waals surface area contributed by atoms with Crippen LogP contribution in [-0.4, -0.2) is 39.2 Å². The van der Waals surface area contributed by atoms with Gasteiger partial charge in [-0.05, 0) is 49.2 Å². The molecular weight excluding hydrogens is 336 g/mol. The van der Waals surface area contributed by atoms with Crippen LogP contribution in [0.1, 0.15) is 21.5 Å². The lowest BCUT2D eigenvalue weighted by molar-refractivity contribution is -0.144. The Kier molecular flexibility index (Phi) is 6.60. The van der Waals surface area contributed by atoms with Gasteiger partial charge in [0.05, 0.1) is 14.2 Å². The van der Waals surface area contributed by atoms with Crippen molar-refractivity contribution in [1.82, 2.24) is 0 Å². The zero-order valence-electron chi connectivity index (χ0n) is 15.3. The Balaban J connectivity index is 1.88. The van der Waals surface area contributed by atoms with Crippen molar-refractivity contribution in [2.45, 2.75) is 13.8 Å². The number of carbonyl (C=O) groups is 2. The molecule has 0 atom stereocenters. The molecule has 0 heterocycles. The van der Waals surface area contributed by atoms with E-state index in [1.54, 1.807) is 18.2 Å². The molecule has 0 saturated carbocycles. The van der Waals surface area contributed by atoms with E-state index < -0.39 is 5.97 Å². The van der Waals surface area contributed by atoms with Crippen LogP contribution in [0.2, 0.25) is 0 Å². The van der Waals surface area contributed by atoms with Crippen molar-refractivity contribution in [1.29, 1.82) is 0 Å². The van der Waals surface area contributed by atoms with Crippen LogP contribution in [0, 0.1) is 13.8 Å². The minimum Gasteiger partial charge on any atom is -0.493 e. The van der Waals surface area contributed by atoms with Gasteiger partial charge in [-0.15, -0.1) is 0 Å². The third-order valence-corrected chi connectivity index (χ3v) is 3.76. The summed E-state index contributed by atoms with van der Waals surface area (Å²) >= 11 is 0. The van der Waals surface area contributed by atoms with E-state index in [-0.39, 0.29) is 19.0 Å². The highest BCUT2D eigenvalue weighted by Gasteiger charge is 2.14. The van der Waals surface area contributed by atoms with E-state index in [2.05, 4.69) is 0 Å². The number of methoxy groups -OCH3 is 2. The summed E-state index contributed by atoms with van der Waals surface area (Å²) < 4.78 is 20.7. The number of rotatable bonds is 8. The Morgan fingerprint density at radius 1 is 0.846 bits per heavy atom. The summed E-state index contributed by atoms with van der Waals surface area (Å²) in [4.78, 5) is 24.0. The first-order chi connectivity index (χ1) is 12.4. The predicted octanol–water partition coefficient (Wildman–Crippen LogP) is 3.13. The van der Waals surface area contributed by atoms with E-state index in [9.17, 15) is 9.59 Å². The number of esters is 1. The minimum absolute atomic E-state index is 0.260. The molecule has 0 N–H and O–H groups in total. The molecule has 2 aromatic carbocycles. The number of hydrogen-bond donors (Lipinski definition) is 0. The highest BCUT2D eigenvalue weighted by molar-refractivity contribution is 5.98. The Hall–Kier alpha value is -3.02. The van der Waals surface area contributed by atoms with Crippen LogP contribution >= 0.6 is 0 Å². The van der Waals surface area contributed by atoms with Gasteiger partial charge in [-0.3, -0.25) is 4.79 Å². The van der Waals surface area contributed by atoms with Gasteiger partial charge in [0.1, 0.15) is 5.75 Å². The maximum Gasteiger partial charge on any atom is 0.344 e. The maximum atomic E-state index is 12.2. The number of ketones is 1. The topological polar surface area (TPSA) is 71.1 Å². The molecule has 26 heavy (non-hydrogen) atoms. The zero-order chi connectivity index (χ0) is 19.1. The van der Waals surface area contributed by atoms with Crippen LogP contribution in [0.4, 0.5) is 0 Å². The van der Waals surface area contributed by atoms with Crippen LogP contribution in [0.5, 0.6) is 17.2 Å². The van der Waals surface area contributed by atoms with Gasteiger partial charge in [-0.2, -0.15) is 0 Å². The van der Waals surface area contributed by atoms with E-state index in [0.29, 0.717) is 22.8 Å². The molecule has 0 aliphatic rings. The third-order valence-electron chi connectivity index (χ3n) is 3.76. The Labute approximate surface area is 152 Å². The standard InChI is InChI=1S/C20H22O6/c1-13-5-6-14(2)18(9-13)25-12-20(22)26-11-16(21)15-7-8-17(23-3)19(10-15)24-4/h5-10H,11-12H2,1-4H3. The van der Waals surface area contributed by atoms with Crippen molar-refractivity contribution < 1.29 is 28.5 Å². The lowest BCUT2D eigenvalue weighted by Crippen LogP contribution is -2.19. The minimum atomic E-state index is -0.611. The molecule has 0 aliphatic heterocycles. The summed E-state index contributed by atoms with van der Waals surface area (Å²) in [5.74, 6) is 0.616. The molecule has 0 radical (unpaired) electrons. The molecule has 0 unspecified atom stereocenters. The molecule has 2 rings (SSSR count). The fourth-order valence-corrected chi connectivity index (χ4v) is 2.28. The summed E-state index contributed by atoms with van der Waals surface area (Å²) in [6.07, 6.45) is 0. The molecule has 6 heteroatoms. The van der Waals surface area contributed by atoms with Gasteiger partial charge in [0.25, 0.3) is 0 Å². The molecule has 6 nitrogen and oxygen atoms in total. The van der Waals surface area contributed by atoms with Crippen LogP contribution in [-0.2, 0) is 9.53 Å². The SMILES string of the molecule is COc1ccc(C(=O)COC(=O)COc2cc(C)ccc2C)cc1OC. The number of carbonyl (C=O) groups excluding carboxylic acids is 2. The molecule has 0 saturated heterocycles. The first-order valence-electron chi connectivity index (χ1n) is 8.05. The first-order valence-corrected chi connectivity index (χ1v) is 8.05. The monoisotopic (exact) mass is 358 g/mol. The number of ether oxygens (including phenoxy) is 4. The van der Waals surface area contributed by atoms with Gasteiger partial charge in [-0.1, -0.05) is 12.1 Å². The van der Waals surface area contributed by atoms with Crippen molar-refractivity contribution in [3.05, 3.63) is 53.1 Å². The van der Waals surface area contributed by atoms with Crippen LogP contribution in [0.3, 0.4) is 0 Å². The highest BCUT2D eigenvalue weighted by Crippen LogP contribution is 2.27. The second-order valence-electron chi connectivity index (χ2n) is 5.71. The average Bonchev–Trinajstić information content (AvgIpc) is 2.66. The van der Waals surface area contributed by atoms with Crippen molar-refractivity contribution in [2.75, 3.05) is 27.4 Å². The molecular formula is C20H22O6. The third kappa shape index (κ3) is 4.99. The number of aryl methyl sites for hydroxylation is 2. The summed E-state index contributed by atoms with van der Waals surface area (Å²) in [5.41, 5.74) is 2.32. The molecule has 0 spiro atoms. The van der Waals surface area contributed by atoms with Gasteiger partial charge < -0.3 is 18.9 Å². The first kappa shape index (κ1) is 19.3. The molecule has 0 bridgehead atoms. The summed E-state index contributed by atoms with van der Waals surface area (Å²) in [6, 6.07) is 10.5. The Morgan fingerprint density at radius 2 is 1.58 bits per heavy atom. The second kappa shape index (κ2) is 8.89. The van der Waals surface area contributed by atoms with E-state index in [1.807, 2.05) is 32.0 Å². The molecule has 0 aromatic heterocycles. The van der Waals surface area contributed by atoms with Crippen LogP contribution in [0.25, 0.3) is 0 Å². The normalized spacial score (nSPS) is 10.2.